The van der Waals surface area contributed by atoms with Crippen LogP contribution in [0.3, 0.4) is 0 Å². The van der Waals surface area contributed by atoms with Crippen LogP contribution in [-0.4, -0.2) is 16.7 Å². The van der Waals surface area contributed by atoms with Crippen molar-refractivity contribution in [2.24, 2.45) is 0 Å². The van der Waals surface area contributed by atoms with Crippen LogP contribution in [0.5, 0.6) is 5.75 Å². The molecule has 4 rings (SSSR count). The summed E-state index contributed by atoms with van der Waals surface area (Å²) in [6, 6.07) is 16.4. The standard InChI is InChI=1S/C22H23N3O2/c1-27-20-15-25(14-16-8-3-2-4-9-16)22(24-21(20)26)23-19-13-7-11-17-10-5-6-12-18(17)19/h2-4,7-9,11,13,15H,5-6,10,12,14H2,1H3,(H,23,24,26). The lowest BCUT2D eigenvalue weighted by Gasteiger charge is -2.21. The van der Waals surface area contributed by atoms with Crippen LogP contribution in [-0.2, 0) is 19.4 Å². The smallest absolute Gasteiger partial charge is 0.316 e. The highest BCUT2D eigenvalue weighted by Crippen LogP contribution is 2.29. The minimum absolute atomic E-state index is 0.242. The van der Waals surface area contributed by atoms with Crippen molar-refractivity contribution in [1.29, 1.82) is 0 Å². The first-order chi connectivity index (χ1) is 13.2. The molecule has 5 nitrogen and oxygen atoms in total. The van der Waals surface area contributed by atoms with Crippen molar-refractivity contribution in [2.75, 3.05) is 12.4 Å². The summed E-state index contributed by atoms with van der Waals surface area (Å²) in [5.74, 6) is 0.773. The average molecular weight is 361 g/mol. The fourth-order valence-corrected chi connectivity index (χ4v) is 3.63. The van der Waals surface area contributed by atoms with Gasteiger partial charge in [-0.05, 0) is 48.4 Å². The van der Waals surface area contributed by atoms with Crippen molar-refractivity contribution in [3.63, 3.8) is 0 Å². The van der Waals surface area contributed by atoms with E-state index in [1.807, 2.05) is 22.8 Å². The fourth-order valence-electron chi connectivity index (χ4n) is 3.63. The van der Waals surface area contributed by atoms with Crippen molar-refractivity contribution in [1.82, 2.24) is 9.55 Å². The van der Waals surface area contributed by atoms with Gasteiger partial charge in [0, 0.05) is 5.69 Å². The Morgan fingerprint density at radius 1 is 1.07 bits per heavy atom. The highest BCUT2D eigenvalue weighted by Gasteiger charge is 2.15. The molecule has 2 aromatic carbocycles. The highest BCUT2D eigenvalue weighted by molar-refractivity contribution is 5.61. The largest absolute Gasteiger partial charge is 0.490 e. The average Bonchev–Trinajstić information content (AvgIpc) is 2.71. The van der Waals surface area contributed by atoms with Gasteiger partial charge in [0.15, 0.2) is 0 Å². The number of hydrogen-bond donors (Lipinski definition) is 1. The van der Waals surface area contributed by atoms with Crippen molar-refractivity contribution < 1.29 is 4.74 Å². The van der Waals surface area contributed by atoms with Gasteiger partial charge in [0.1, 0.15) is 0 Å². The molecule has 0 aliphatic heterocycles. The molecule has 0 unspecified atom stereocenters. The zero-order chi connectivity index (χ0) is 18.6. The quantitative estimate of drug-likeness (QED) is 0.748. The van der Waals surface area contributed by atoms with Crippen LogP contribution in [0, 0.1) is 0 Å². The Morgan fingerprint density at radius 3 is 2.70 bits per heavy atom. The summed E-state index contributed by atoms with van der Waals surface area (Å²) in [6.45, 7) is 0.599. The first kappa shape index (κ1) is 17.3. The summed E-state index contributed by atoms with van der Waals surface area (Å²) in [5, 5.41) is 3.41. The highest BCUT2D eigenvalue weighted by atomic mass is 16.5. The Labute approximate surface area is 158 Å². The second-order valence-corrected chi connectivity index (χ2v) is 6.83. The number of ether oxygens (including phenoxy) is 1. The van der Waals surface area contributed by atoms with Crippen LogP contribution in [0.25, 0.3) is 0 Å². The van der Waals surface area contributed by atoms with E-state index < -0.39 is 0 Å². The molecule has 3 aromatic rings. The number of nitrogens with one attached hydrogen (secondary N) is 1. The number of nitrogens with zero attached hydrogens (tertiary/aromatic N) is 2. The zero-order valence-corrected chi connectivity index (χ0v) is 15.4. The molecule has 0 spiro atoms. The lowest BCUT2D eigenvalue weighted by Crippen LogP contribution is -2.19. The van der Waals surface area contributed by atoms with Gasteiger partial charge < -0.3 is 14.6 Å². The van der Waals surface area contributed by atoms with E-state index in [2.05, 4.69) is 40.6 Å². The summed E-state index contributed by atoms with van der Waals surface area (Å²) in [7, 11) is 1.49. The molecule has 1 aromatic heterocycles. The molecular formula is C22H23N3O2. The van der Waals surface area contributed by atoms with Crippen LogP contribution in [0.1, 0.15) is 29.5 Å². The third-order valence-corrected chi connectivity index (χ3v) is 5.02. The topological polar surface area (TPSA) is 56.1 Å². The van der Waals surface area contributed by atoms with Crippen LogP contribution >= 0.6 is 0 Å². The number of hydrogen-bond acceptors (Lipinski definition) is 4. The van der Waals surface area contributed by atoms with Crippen LogP contribution in [0.15, 0.2) is 59.5 Å². The normalized spacial score (nSPS) is 13.1. The summed E-state index contributed by atoms with van der Waals surface area (Å²) >= 11 is 0. The Balaban J connectivity index is 1.74. The third-order valence-electron chi connectivity index (χ3n) is 5.02. The maximum absolute atomic E-state index is 12.3. The maximum Gasteiger partial charge on any atom is 0.316 e. The SMILES string of the molecule is COc1cn(Cc2ccccc2)c(Nc2cccc3c2CCCC3)nc1=O. The lowest BCUT2D eigenvalue weighted by atomic mass is 9.90. The molecule has 0 radical (unpaired) electrons. The van der Waals surface area contributed by atoms with E-state index in [-0.39, 0.29) is 11.3 Å². The van der Waals surface area contributed by atoms with E-state index in [1.54, 1.807) is 6.20 Å². The van der Waals surface area contributed by atoms with Gasteiger partial charge in [0.25, 0.3) is 0 Å². The molecule has 1 heterocycles. The summed E-state index contributed by atoms with van der Waals surface area (Å²) in [6.07, 6.45) is 6.31. The molecule has 0 bridgehead atoms. The molecule has 0 saturated heterocycles. The van der Waals surface area contributed by atoms with E-state index >= 15 is 0 Å². The van der Waals surface area contributed by atoms with Gasteiger partial charge in [-0.3, -0.25) is 4.79 Å². The minimum atomic E-state index is -0.367. The van der Waals surface area contributed by atoms with Gasteiger partial charge >= 0.3 is 5.56 Å². The Morgan fingerprint density at radius 2 is 1.89 bits per heavy atom. The van der Waals surface area contributed by atoms with Gasteiger partial charge in [0.2, 0.25) is 11.7 Å². The van der Waals surface area contributed by atoms with Crippen molar-refractivity contribution in [3.05, 3.63) is 81.8 Å². The Hall–Kier alpha value is -3.08. The van der Waals surface area contributed by atoms with E-state index in [9.17, 15) is 4.79 Å². The van der Waals surface area contributed by atoms with Gasteiger partial charge in [-0.1, -0.05) is 42.5 Å². The van der Waals surface area contributed by atoms with Gasteiger partial charge in [-0.2, -0.15) is 4.98 Å². The molecule has 27 heavy (non-hydrogen) atoms. The lowest BCUT2D eigenvalue weighted by molar-refractivity contribution is 0.402. The third kappa shape index (κ3) is 3.72. The van der Waals surface area contributed by atoms with E-state index in [0.29, 0.717) is 12.5 Å². The molecule has 1 N–H and O–H groups in total. The van der Waals surface area contributed by atoms with Gasteiger partial charge in [0.05, 0.1) is 19.9 Å². The number of aryl methyl sites for hydroxylation is 1. The number of rotatable bonds is 5. The van der Waals surface area contributed by atoms with Crippen molar-refractivity contribution >= 4 is 11.6 Å². The monoisotopic (exact) mass is 361 g/mol. The number of benzene rings is 2. The number of aromatic nitrogens is 2. The summed E-state index contributed by atoms with van der Waals surface area (Å²) in [4.78, 5) is 16.5. The van der Waals surface area contributed by atoms with Crippen LogP contribution in [0.4, 0.5) is 11.6 Å². The molecule has 0 amide bonds. The number of fused-ring (bicyclic) bond motifs is 1. The summed E-state index contributed by atoms with van der Waals surface area (Å²) in [5.41, 5.74) is 4.51. The molecule has 1 aliphatic rings. The molecule has 0 saturated carbocycles. The second kappa shape index (κ2) is 7.66. The molecule has 0 atom stereocenters. The van der Waals surface area contributed by atoms with E-state index in [4.69, 9.17) is 4.74 Å². The predicted octanol–water partition coefficient (Wildman–Crippen LogP) is 3.92. The molecule has 5 heteroatoms. The van der Waals surface area contributed by atoms with Crippen molar-refractivity contribution in [2.45, 2.75) is 32.2 Å². The van der Waals surface area contributed by atoms with Crippen LogP contribution in [0.2, 0.25) is 0 Å². The molecule has 138 valence electrons. The van der Waals surface area contributed by atoms with Gasteiger partial charge in [-0.15, -0.1) is 0 Å². The summed E-state index contributed by atoms with van der Waals surface area (Å²) < 4.78 is 7.12. The van der Waals surface area contributed by atoms with Crippen molar-refractivity contribution in [3.8, 4) is 5.75 Å². The maximum atomic E-state index is 12.3. The Kier molecular flexibility index (Phi) is 4.92. The first-order valence-electron chi connectivity index (χ1n) is 9.32. The predicted molar refractivity (Wildman–Crippen MR) is 107 cm³/mol. The van der Waals surface area contributed by atoms with Crippen LogP contribution < -0.4 is 15.6 Å². The molecule has 0 fully saturated rings. The molecule has 1 aliphatic carbocycles. The minimum Gasteiger partial charge on any atom is -0.490 e. The van der Waals surface area contributed by atoms with E-state index in [1.165, 1.54) is 31.1 Å². The number of methoxy groups -OCH3 is 1. The second-order valence-electron chi connectivity index (χ2n) is 6.83. The Bertz CT molecular complexity index is 996. The fraction of sp³-hybridized carbons (Fsp3) is 0.273. The van der Waals surface area contributed by atoms with E-state index in [0.717, 1.165) is 24.1 Å². The molecular weight excluding hydrogens is 338 g/mol. The first-order valence-corrected chi connectivity index (χ1v) is 9.32. The zero-order valence-electron chi connectivity index (χ0n) is 15.4. The van der Waals surface area contributed by atoms with Gasteiger partial charge in [-0.25, -0.2) is 0 Å². The number of anilines is 2.